The number of ether oxygens (including phenoxy) is 2. The third-order valence-corrected chi connectivity index (χ3v) is 7.70. The Morgan fingerprint density at radius 3 is 2.07 bits per heavy atom. The van der Waals surface area contributed by atoms with Crippen molar-refractivity contribution in [2.24, 2.45) is 0 Å². The third-order valence-electron chi connectivity index (χ3n) is 4.37. The molecule has 0 unspecified atom stereocenters. The van der Waals surface area contributed by atoms with Gasteiger partial charge < -0.3 is 9.47 Å². The molecule has 1 aliphatic heterocycles. The molecule has 0 aliphatic carbocycles. The summed E-state index contributed by atoms with van der Waals surface area (Å²) in [4.78, 5) is 0.302. The van der Waals surface area contributed by atoms with Gasteiger partial charge in [-0.2, -0.15) is 4.31 Å². The summed E-state index contributed by atoms with van der Waals surface area (Å²) in [6, 6.07) is 12.2. The van der Waals surface area contributed by atoms with Crippen LogP contribution in [0.1, 0.15) is 5.56 Å². The van der Waals surface area contributed by atoms with Crippen molar-refractivity contribution in [2.45, 2.75) is 16.3 Å². The molecule has 1 N–H and O–H groups in total. The minimum absolute atomic E-state index is 0.0479. The molecular weight excluding hydrogens is 404 g/mol. The molecule has 0 amide bonds. The van der Waals surface area contributed by atoms with Gasteiger partial charge in [-0.3, -0.25) is 0 Å². The van der Waals surface area contributed by atoms with E-state index >= 15 is 0 Å². The Morgan fingerprint density at radius 2 is 1.50 bits per heavy atom. The van der Waals surface area contributed by atoms with Gasteiger partial charge >= 0.3 is 0 Å². The first kappa shape index (κ1) is 20.7. The van der Waals surface area contributed by atoms with Gasteiger partial charge in [0.2, 0.25) is 20.0 Å². The zero-order valence-corrected chi connectivity index (χ0v) is 17.0. The van der Waals surface area contributed by atoms with Gasteiger partial charge in [-0.15, -0.1) is 0 Å². The molecular formula is C18H22N2O6S2. The number of rotatable bonds is 7. The highest BCUT2D eigenvalue weighted by Gasteiger charge is 2.26. The fourth-order valence-corrected chi connectivity index (χ4v) is 5.16. The van der Waals surface area contributed by atoms with Crippen LogP contribution in [0, 0.1) is 0 Å². The molecule has 152 valence electrons. The van der Waals surface area contributed by atoms with Gasteiger partial charge in [0.1, 0.15) is 5.75 Å². The first-order chi connectivity index (χ1) is 13.3. The number of sulfonamides is 2. The molecule has 28 heavy (non-hydrogen) atoms. The standard InChI is InChI=1S/C18H22N2O6S2/c1-25-16-4-8-17(9-5-16)27(21,22)19-14-15-2-6-18(7-3-15)28(23,24)20-10-12-26-13-11-20/h2-9,19H,10-14H2,1H3. The van der Waals surface area contributed by atoms with E-state index in [-0.39, 0.29) is 16.3 Å². The molecule has 8 nitrogen and oxygen atoms in total. The number of morpholine rings is 1. The Bertz CT molecular complexity index is 997. The predicted molar refractivity (Wildman–Crippen MR) is 103 cm³/mol. The Balaban J connectivity index is 1.66. The van der Waals surface area contributed by atoms with Crippen LogP contribution in [-0.4, -0.2) is 54.6 Å². The van der Waals surface area contributed by atoms with Gasteiger partial charge in [0.05, 0.1) is 30.1 Å². The monoisotopic (exact) mass is 426 g/mol. The lowest BCUT2D eigenvalue weighted by Gasteiger charge is -2.26. The number of benzene rings is 2. The molecule has 1 aliphatic rings. The van der Waals surface area contributed by atoms with Crippen molar-refractivity contribution in [2.75, 3.05) is 33.4 Å². The fourth-order valence-electron chi connectivity index (χ4n) is 2.73. The molecule has 0 bridgehead atoms. The van der Waals surface area contributed by atoms with E-state index in [0.717, 1.165) is 0 Å². The van der Waals surface area contributed by atoms with Crippen LogP contribution in [0.2, 0.25) is 0 Å². The van der Waals surface area contributed by atoms with Gasteiger partial charge in [0.25, 0.3) is 0 Å². The lowest BCUT2D eigenvalue weighted by Crippen LogP contribution is -2.40. The maximum atomic E-state index is 12.6. The van der Waals surface area contributed by atoms with E-state index in [0.29, 0.717) is 37.6 Å². The average molecular weight is 427 g/mol. The zero-order chi connectivity index (χ0) is 20.2. The molecule has 10 heteroatoms. The Labute approximate surface area is 165 Å². The van der Waals surface area contributed by atoms with Gasteiger partial charge in [-0.05, 0) is 42.0 Å². The molecule has 3 rings (SSSR count). The lowest BCUT2D eigenvalue weighted by molar-refractivity contribution is 0.0730. The SMILES string of the molecule is COc1ccc(S(=O)(=O)NCc2ccc(S(=O)(=O)N3CCOCC3)cc2)cc1. The van der Waals surface area contributed by atoms with Crippen LogP contribution in [0.3, 0.4) is 0 Å². The van der Waals surface area contributed by atoms with Crippen molar-refractivity contribution >= 4 is 20.0 Å². The first-order valence-corrected chi connectivity index (χ1v) is 11.6. The number of hydrogen-bond acceptors (Lipinski definition) is 6. The van der Waals surface area contributed by atoms with Gasteiger partial charge in [0.15, 0.2) is 0 Å². The Morgan fingerprint density at radius 1 is 0.929 bits per heavy atom. The van der Waals surface area contributed by atoms with E-state index in [1.165, 1.54) is 35.7 Å². The van der Waals surface area contributed by atoms with E-state index in [9.17, 15) is 16.8 Å². The highest BCUT2D eigenvalue weighted by Crippen LogP contribution is 2.19. The minimum atomic E-state index is -3.69. The lowest BCUT2D eigenvalue weighted by atomic mass is 10.2. The number of methoxy groups -OCH3 is 1. The second kappa shape index (κ2) is 8.58. The first-order valence-electron chi connectivity index (χ1n) is 8.63. The zero-order valence-electron chi connectivity index (χ0n) is 15.4. The summed E-state index contributed by atoms with van der Waals surface area (Å²) < 4.78 is 64.0. The number of nitrogens with zero attached hydrogens (tertiary/aromatic N) is 1. The topological polar surface area (TPSA) is 102 Å². The Hall–Kier alpha value is -1.98. The smallest absolute Gasteiger partial charge is 0.243 e. The summed E-state index contributed by atoms with van der Waals surface area (Å²) in [6.45, 7) is 1.46. The minimum Gasteiger partial charge on any atom is -0.497 e. The molecule has 1 fully saturated rings. The van der Waals surface area contributed by atoms with Crippen molar-refractivity contribution in [3.8, 4) is 5.75 Å². The quantitative estimate of drug-likeness (QED) is 0.714. The van der Waals surface area contributed by atoms with Crippen LogP contribution in [0.5, 0.6) is 5.75 Å². The summed E-state index contributed by atoms with van der Waals surface area (Å²) in [6.07, 6.45) is 0. The molecule has 2 aromatic rings. The number of nitrogens with one attached hydrogen (secondary N) is 1. The second-order valence-corrected chi connectivity index (χ2v) is 9.87. The molecule has 1 saturated heterocycles. The van der Waals surface area contributed by atoms with Crippen LogP contribution >= 0.6 is 0 Å². The normalized spacial score (nSPS) is 16.0. The van der Waals surface area contributed by atoms with Crippen molar-refractivity contribution in [1.82, 2.24) is 9.03 Å². The molecule has 0 aromatic heterocycles. The number of hydrogen-bond donors (Lipinski definition) is 1. The molecule has 0 spiro atoms. The summed E-state index contributed by atoms with van der Waals surface area (Å²) in [7, 11) is -5.75. The predicted octanol–water partition coefficient (Wildman–Crippen LogP) is 1.19. The molecule has 1 heterocycles. The van der Waals surface area contributed by atoms with Crippen LogP contribution in [0.25, 0.3) is 0 Å². The van der Waals surface area contributed by atoms with Crippen LogP contribution in [0.4, 0.5) is 0 Å². The van der Waals surface area contributed by atoms with Crippen molar-refractivity contribution < 1.29 is 26.3 Å². The highest BCUT2D eigenvalue weighted by molar-refractivity contribution is 7.89. The average Bonchev–Trinajstić information content (AvgIpc) is 2.73. The summed E-state index contributed by atoms with van der Waals surface area (Å²) in [5.41, 5.74) is 0.651. The summed E-state index contributed by atoms with van der Waals surface area (Å²) >= 11 is 0. The van der Waals surface area contributed by atoms with E-state index in [4.69, 9.17) is 9.47 Å². The van der Waals surface area contributed by atoms with Gasteiger partial charge in [-0.1, -0.05) is 12.1 Å². The van der Waals surface area contributed by atoms with E-state index in [1.54, 1.807) is 24.3 Å². The molecule has 2 aromatic carbocycles. The van der Waals surface area contributed by atoms with Crippen LogP contribution in [-0.2, 0) is 31.3 Å². The largest absolute Gasteiger partial charge is 0.497 e. The molecule has 0 atom stereocenters. The van der Waals surface area contributed by atoms with Gasteiger partial charge in [0, 0.05) is 19.6 Å². The summed E-state index contributed by atoms with van der Waals surface area (Å²) in [5, 5.41) is 0. The van der Waals surface area contributed by atoms with Gasteiger partial charge in [-0.25, -0.2) is 21.6 Å². The third kappa shape index (κ3) is 4.70. The summed E-state index contributed by atoms with van der Waals surface area (Å²) in [5.74, 6) is 0.566. The Kier molecular flexibility index (Phi) is 6.36. The molecule has 0 radical (unpaired) electrons. The van der Waals surface area contributed by atoms with E-state index in [2.05, 4.69) is 4.72 Å². The fraction of sp³-hybridized carbons (Fsp3) is 0.333. The van der Waals surface area contributed by atoms with Crippen molar-refractivity contribution in [1.29, 1.82) is 0 Å². The maximum absolute atomic E-state index is 12.6. The van der Waals surface area contributed by atoms with Crippen molar-refractivity contribution in [3.63, 3.8) is 0 Å². The van der Waals surface area contributed by atoms with E-state index < -0.39 is 20.0 Å². The van der Waals surface area contributed by atoms with Crippen molar-refractivity contribution in [3.05, 3.63) is 54.1 Å². The van der Waals surface area contributed by atoms with Crippen LogP contribution in [0.15, 0.2) is 58.3 Å². The van der Waals surface area contributed by atoms with E-state index in [1.807, 2.05) is 0 Å². The highest BCUT2D eigenvalue weighted by atomic mass is 32.2. The van der Waals surface area contributed by atoms with Crippen LogP contribution < -0.4 is 9.46 Å². The maximum Gasteiger partial charge on any atom is 0.243 e. The molecule has 0 saturated carbocycles. The second-order valence-electron chi connectivity index (χ2n) is 6.16.